The highest BCUT2D eigenvalue weighted by molar-refractivity contribution is 5.74. The lowest BCUT2D eigenvalue weighted by Gasteiger charge is -2.40. The molecule has 3 N–H and O–H groups in total. The van der Waals surface area contributed by atoms with Gasteiger partial charge in [-0.15, -0.1) is 0 Å². The van der Waals surface area contributed by atoms with Gasteiger partial charge in [0, 0.05) is 19.3 Å². The molecule has 1 rings (SSSR count). The third-order valence-electron chi connectivity index (χ3n) is 13.0. The summed E-state index contributed by atoms with van der Waals surface area (Å²) >= 11 is 0. The Bertz CT molecular complexity index is 1300. The number of carbonyl (C=O) groups excluding carboxylic acids is 3. The van der Waals surface area contributed by atoms with Crippen molar-refractivity contribution in [1.82, 2.24) is 0 Å². The van der Waals surface area contributed by atoms with E-state index < -0.39 is 67.3 Å². The number of aliphatic hydroxyl groups is 2. The van der Waals surface area contributed by atoms with Crippen LogP contribution in [0, 0.1) is 0 Å². The molecule has 1 saturated heterocycles. The average Bonchev–Trinajstić information content (AvgIpc) is 3.33. The minimum atomic E-state index is -1.90. The smallest absolute Gasteiger partial charge is 0.335 e. The third-order valence-corrected chi connectivity index (χ3v) is 13.0. The average molecular weight is 979 g/mol. The van der Waals surface area contributed by atoms with Crippen molar-refractivity contribution in [2.75, 3.05) is 13.2 Å². The van der Waals surface area contributed by atoms with E-state index in [1.54, 1.807) is 0 Å². The van der Waals surface area contributed by atoms with Crippen molar-refractivity contribution in [3.63, 3.8) is 0 Å². The Labute approximate surface area is 419 Å². The predicted molar refractivity (Wildman–Crippen MR) is 276 cm³/mol. The van der Waals surface area contributed by atoms with Gasteiger partial charge < -0.3 is 39.0 Å². The number of aliphatic hydroxyl groups excluding tert-OH is 2. The highest BCUT2D eigenvalue weighted by Gasteiger charge is 2.50. The summed E-state index contributed by atoms with van der Waals surface area (Å²) in [7, 11) is 0. The van der Waals surface area contributed by atoms with Crippen LogP contribution in [0.15, 0.2) is 24.3 Å². The van der Waals surface area contributed by atoms with Crippen molar-refractivity contribution in [2.24, 2.45) is 0 Å². The molecular formula is C57H102O12. The lowest BCUT2D eigenvalue weighted by Crippen LogP contribution is -2.61. The number of rotatable bonds is 48. The fraction of sp³-hybridized carbons (Fsp3) is 0.860. The van der Waals surface area contributed by atoms with Crippen LogP contribution in [0.5, 0.6) is 0 Å². The monoisotopic (exact) mass is 979 g/mol. The van der Waals surface area contributed by atoms with Crippen molar-refractivity contribution in [3.05, 3.63) is 24.3 Å². The molecule has 0 spiro atoms. The molecule has 1 aliphatic heterocycles. The molecular weight excluding hydrogens is 877 g/mol. The van der Waals surface area contributed by atoms with Gasteiger partial charge in [0.1, 0.15) is 18.8 Å². The maximum atomic E-state index is 13.1. The Kier molecular flexibility index (Phi) is 43.1. The van der Waals surface area contributed by atoms with Crippen LogP contribution in [0.1, 0.15) is 265 Å². The van der Waals surface area contributed by atoms with E-state index in [0.717, 1.165) is 96.3 Å². The molecule has 0 bridgehead atoms. The molecule has 0 radical (unpaired) electrons. The highest BCUT2D eigenvalue weighted by atomic mass is 16.7. The number of carboxylic acid groups (broad SMARTS) is 1. The van der Waals surface area contributed by atoms with Crippen molar-refractivity contribution in [2.45, 2.75) is 302 Å². The largest absolute Gasteiger partial charge is 0.479 e. The number of ether oxygens (including phenoxy) is 5. The summed E-state index contributed by atoms with van der Waals surface area (Å²) in [5, 5.41) is 31.4. The SMILES string of the molecule is CCCC/C=C\CCCCCCCC(=O)OC(COC(=O)CCCCCCCCCCCCCCCCC)COC1OC(C(=O)O)C(O)C(O)C1OC(=O)CCCCCCC/C=C\CCCCCC. The van der Waals surface area contributed by atoms with Crippen LogP contribution in [0.2, 0.25) is 0 Å². The summed E-state index contributed by atoms with van der Waals surface area (Å²) in [4.78, 5) is 50.9. The van der Waals surface area contributed by atoms with Crippen LogP contribution >= 0.6 is 0 Å². The van der Waals surface area contributed by atoms with E-state index in [9.17, 15) is 34.5 Å². The molecule has 12 nitrogen and oxygen atoms in total. The normalized spacial score (nSPS) is 18.8. The Hall–Kier alpha value is -2.80. The number of hydrogen-bond donors (Lipinski definition) is 3. The fourth-order valence-corrected chi connectivity index (χ4v) is 8.58. The summed E-state index contributed by atoms with van der Waals surface area (Å²) < 4.78 is 28.3. The number of carboxylic acids is 1. The second-order valence-electron chi connectivity index (χ2n) is 19.6. The number of carbonyl (C=O) groups is 4. The zero-order chi connectivity index (χ0) is 50.4. The van der Waals surface area contributed by atoms with Gasteiger partial charge in [-0.05, 0) is 64.2 Å². The zero-order valence-electron chi connectivity index (χ0n) is 44.1. The first-order valence-corrected chi connectivity index (χ1v) is 28.3. The molecule has 6 unspecified atom stereocenters. The van der Waals surface area contributed by atoms with Gasteiger partial charge in [-0.1, -0.05) is 206 Å². The van der Waals surface area contributed by atoms with E-state index in [4.69, 9.17) is 23.7 Å². The predicted octanol–water partition coefficient (Wildman–Crippen LogP) is 13.9. The van der Waals surface area contributed by atoms with E-state index in [1.165, 1.54) is 109 Å². The third kappa shape index (κ3) is 36.7. The minimum absolute atomic E-state index is 0.0533. The van der Waals surface area contributed by atoms with Crippen molar-refractivity contribution < 1.29 is 58.2 Å². The molecule has 69 heavy (non-hydrogen) atoms. The van der Waals surface area contributed by atoms with Gasteiger partial charge in [-0.3, -0.25) is 14.4 Å². The van der Waals surface area contributed by atoms with Gasteiger partial charge in [0.15, 0.2) is 24.6 Å². The molecule has 0 aromatic rings. The van der Waals surface area contributed by atoms with E-state index in [0.29, 0.717) is 19.3 Å². The van der Waals surface area contributed by atoms with Gasteiger partial charge in [-0.2, -0.15) is 0 Å². The number of unbranched alkanes of at least 4 members (excludes halogenated alkanes) is 30. The topological polar surface area (TPSA) is 175 Å². The van der Waals surface area contributed by atoms with Crippen molar-refractivity contribution in [3.8, 4) is 0 Å². The van der Waals surface area contributed by atoms with E-state index in [1.807, 2.05) is 0 Å². The zero-order valence-corrected chi connectivity index (χ0v) is 44.1. The quantitative estimate of drug-likeness (QED) is 0.0228. The molecule has 0 aliphatic carbocycles. The lowest BCUT2D eigenvalue weighted by molar-refractivity contribution is -0.301. The van der Waals surface area contributed by atoms with Crippen LogP contribution in [0.4, 0.5) is 0 Å². The minimum Gasteiger partial charge on any atom is -0.479 e. The van der Waals surface area contributed by atoms with Crippen LogP contribution in [-0.2, 0) is 42.9 Å². The van der Waals surface area contributed by atoms with E-state index in [2.05, 4.69) is 45.1 Å². The number of esters is 3. The number of hydrogen-bond acceptors (Lipinski definition) is 11. The van der Waals surface area contributed by atoms with Crippen molar-refractivity contribution >= 4 is 23.9 Å². The Morgan fingerprint density at radius 2 is 0.841 bits per heavy atom. The van der Waals surface area contributed by atoms with Crippen molar-refractivity contribution in [1.29, 1.82) is 0 Å². The molecule has 1 heterocycles. The summed E-state index contributed by atoms with van der Waals surface area (Å²) in [6.07, 6.45) is 38.7. The van der Waals surface area contributed by atoms with E-state index >= 15 is 0 Å². The first kappa shape index (κ1) is 64.2. The number of allylic oxidation sites excluding steroid dienone is 4. The molecule has 6 atom stereocenters. The summed E-state index contributed by atoms with van der Waals surface area (Å²) in [6.45, 7) is 5.93. The van der Waals surface area contributed by atoms with Gasteiger partial charge in [0.2, 0.25) is 0 Å². The van der Waals surface area contributed by atoms with Gasteiger partial charge in [0.05, 0.1) is 6.61 Å². The molecule has 0 amide bonds. The molecule has 12 heteroatoms. The first-order chi connectivity index (χ1) is 33.6. The Balaban J connectivity index is 2.69. The molecule has 0 aromatic heterocycles. The Morgan fingerprint density at radius 1 is 0.464 bits per heavy atom. The standard InChI is InChI=1S/C57H102O12/c1-4-7-10-13-16-19-22-24-25-27-29-31-34-37-40-43-49(58)65-46-48(67-50(59)44-41-38-35-32-28-21-18-15-12-9-6-3)47-66-57-55(53(62)52(61)54(69-57)56(63)64)68-51(60)45-42-39-36-33-30-26-23-20-17-14-11-8-5-2/h15,18,20,23,48,52-55,57,61-62H,4-14,16-17,19,21-22,24-47H2,1-3H3,(H,63,64)/b18-15-,23-20-. The fourth-order valence-electron chi connectivity index (χ4n) is 8.58. The lowest BCUT2D eigenvalue weighted by atomic mass is 9.98. The molecule has 0 saturated carbocycles. The van der Waals surface area contributed by atoms with Crippen LogP contribution < -0.4 is 0 Å². The summed E-state index contributed by atoms with van der Waals surface area (Å²) in [6, 6.07) is 0. The van der Waals surface area contributed by atoms with Crippen LogP contribution in [0.25, 0.3) is 0 Å². The molecule has 1 aliphatic rings. The van der Waals surface area contributed by atoms with Gasteiger partial charge >= 0.3 is 23.9 Å². The van der Waals surface area contributed by atoms with Gasteiger partial charge in [0.25, 0.3) is 0 Å². The first-order valence-electron chi connectivity index (χ1n) is 28.3. The second-order valence-corrected chi connectivity index (χ2v) is 19.6. The maximum absolute atomic E-state index is 13.1. The summed E-state index contributed by atoms with van der Waals surface area (Å²) in [5.41, 5.74) is 0. The maximum Gasteiger partial charge on any atom is 0.335 e. The van der Waals surface area contributed by atoms with Gasteiger partial charge in [-0.25, -0.2) is 4.79 Å². The molecule has 1 fully saturated rings. The molecule has 402 valence electrons. The highest BCUT2D eigenvalue weighted by Crippen LogP contribution is 2.26. The number of aliphatic carboxylic acids is 1. The van der Waals surface area contributed by atoms with Crippen LogP contribution in [-0.4, -0.2) is 89.2 Å². The Morgan fingerprint density at radius 3 is 1.29 bits per heavy atom. The summed E-state index contributed by atoms with van der Waals surface area (Å²) in [5.74, 6) is -3.12. The second kappa shape index (κ2) is 46.3. The molecule has 0 aromatic carbocycles. The van der Waals surface area contributed by atoms with E-state index in [-0.39, 0.29) is 25.9 Å². The van der Waals surface area contributed by atoms with Crippen LogP contribution in [0.3, 0.4) is 0 Å².